The number of carbonyl (C=O) groups is 1. The lowest BCUT2D eigenvalue weighted by Crippen LogP contribution is -2.12. The molecule has 0 aliphatic carbocycles. The molecule has 0 aliphatic rings. The number of carbonyl (C=O) groups excluding carboxylic acids is 1. The van der Waals surface area contributed by atoms with Gasteiger partial charge in [-0.2, -0.15) is 9.61 Å². The number of aromatic nitrogens is 5. The lowest BCUT2D eigenvalue weighted by molar-refractivity contribution is -0.116. The van der Waals surface area contributed by atoms with Crippen molar-refractivity contribution in [2.45, 2.75) is 19.3 Å². The largest absolute Gasteiger partial charge is 0.325 e. The van der Waals surface area contributed by atoms with E-state index in [0.717, 1.165) is 0 Å². The zero-order chi connectivity index (χ0) is 15.4. The summed E-state index contributed by atoms with van der Waals surface area (Å²) >= 11 is 5.86. The maximum absolute atomic E-state index is 11.8. The van der Waals surface area contributed by atoms with Crippen molar-refractivity contribution >= 4 is 28.8 Å². The Morgan fingerprint density at radius 1 is 1.27 bits per heavy atom. The first-order chi connectivity index (χ1) is 10.7. The van der Waals surface area contributed by atoms with Gasteiger partial charge in [0.1, 0.15) is 5.15 Å². The van der Waals surface area contributed by atoms with E-state index in [4.69, 9.17) is 11.6 Å². The van der Waals surface area contributed by atoms with Crippen molar-refractivity contribution in [1.82, 2.24) is 24.8 Å². The number of hydrogen-bond donors (Lipinski definition) is 1. The molecule has 0 aromatic carbocycles. The number of halogens is 1. The summed E-state index contributed by atoms with van der Waals surface area (Å²) < 4.78 is 1.60. The first-order valence-electron chi connectivity index (χ1n) is 6.79. The van der Waals surface area contributed by atoms with E-state index in [1.54, 1.807) is 41.2 Å². The van der Waals surface area contributed by atoms with Crippen LogP contribution in [0.15, 0.2) is 36.7 Å². The third-order valence-electron chi connectivity index (χ3n) is 3.04. The molecule has 3 aromatic heterocycles. The molecule has 1 amide bonds. The van der Waals surface area contributed by atoms with Gasteiger partial charge >= 0.3 is 0 Å². The lowest BCUT2D eigenvalue weighted by Gasteiger charge is -2.04. The second-order valence-corrected chi connectivity index (χ2v) is 5.07. The van der Waals surface area contributed by atoms with E-state index in [9.17, 15) is 4.79 Å². The van der Waals surface area contributed by atoms with Crippen molar-refractivity contribution in [1.29, 1.82) is 0 Å². The van der Waals surface area contributed by atoms with Crippen LogP contribution in [0.1, 0.15) is 18.7 Å². The Bertz CT molecular complexity index is 788. The molecular formula is C14H13ClN6O. The number of nitrogens with zero attached hydrogens (tertiary/aromatic N) is 5. The highest BCUT2D eigenvalue weighted by Crippen LogP contribution is 2.10. The molecule has 22 heavy (non-hydrogen) atoms. The Labute approximate surface area is 131 Å². The number of aryl methyl sites for hydroxylation is 1. The zero-order valence-electron chi connectivity index (χ0n) is 11.6. The second-order valence-electron chi connectivity index (χ2n) is 4.69. The third-order valence-corrected chi connectivity index (χ3v) is 3.25. The van der Waals surface area contributed by atoms with Crippen molar-refractivity contribution in [3.05, 3.63) is 47.6 Å². The van der Waals surface area contributed by atoms with Crippen molar-refractivity contribution < 1.29 is 4.79 Å². The van der Waals surface area contributed by atoms with Crippen LogP contribution in [0.25, 0.3) is 5.65 Å². The summed E-state index contributed by atoms with van der Waals surface area (Å²) in [5, 5.41) is 15.4. The molecule has 0 saturated heterocycles. The molecule has 0 saturated carbocycles. The smallest absolute Gasteiger partial charge is 0.224 e. The fraction of sp³-hybridized carbons (Fsp3) is 0.214. The van der Waals surface area contributed by atoms with E-state index in [1.807, 2.05) is 0 Å². The minimum atomic E-state index is -0.0622. The number of nitrogens with one attached hydrogen (secondary N) is 1. The van der Waals surface area contributed by atoms with E-state index < -0.39 is 0 Å². The minimum Gasteiger partial charge on any atom is -0.325 e. The van der Waals surface area contributed by atoms with Gasteiger partial charge in [-0.15, -0.1) is 10.2 Å². The number of hydrogen-bond acceptors (Lipinski definition) is 5. The molecule has 7 nitrogen and oxygen atoms in total. The third kappa shape index (κ3) is 3.37. The summed E-state index contributed by atoms with van der Waals surface area (Å²) in [6, 6.07) is 6.98. The van der Waals surface area contributed by atoms with E-state index >= 15 is 0 Å². The van der Waals surface area contributed by atoms with Crippen LogP contribution in [0.4, 0.5) is 5.69 Å². The fourth-order valence-electron chi connectivity index (χ4n) is 2.03. The van der Waals surface area contributed by atoms with E-state index in [0.29, 0.717) is 41.6 Å². The summed E-state index contributed by atoms with van der Waals surface area (Å²) in [6.45, 7) is 0. The topological polar surface area (TPSA) is 85.1 Å². The predicted octanol–water partition coefficient (Wildman–Crippen LogP) is 2.13. The van der Waals surface area contributed by atoms with Gasteiger partial charge in [-0.05, 0) is 30.7 Å². The van der Waals surface area contributed by atoms with Gasteiger partial charge in [-0.1, -0.05) is 11.6 Å². The molecule has 0 radical (unpaired) electrons. The van der Waals surface area contributed by atoms with Crippen LogP contribution in [-0.2, 0) is 11.2 Å². The van der Waals surface area contributed by atoms with Gasteiger partial charge < -0.3 is 5.32 Å². The summed E-state index contributed by atoms with van der Waals surface area (Å²) in [4.78, 5) is 15.8. The highest BCUT2D eigenvalue weighted by Gasteiger charge is 2.09. The summed E-state index contributed by atoms with van der Waals surface area (Å²) in [5.74, 6) is 0.625. The average Bonchev–Trinajstić information content (AvgIpc) is 2.91. The molecule has 3 rings (SSSR count). The maximum Gasteiger partial charge on any atom is 0.224 e. The van der Waals surface area contributed by atoms with Crippen molar-refractivity contribution in [2.24, 2.45) is 0 Å². The zero-order valence-corrected chi connectivity index (χ0v) is 12.4. The van der Waals surface area contributed by atoms with Gasteiger partial charge in [0, 0.05) is 19.0 Å². The molecule has 0 aliphatic heterocycles. The quantitative estimate of drug-likeness (QED) is 0.779. The van der Waals surface area contributed by atoms with Gasteiger partial charge in [-0.25, -0.2) is 0 Å². The molecule has 0 unspecified atom stereocenters. The minimum absolute atomic E-state index is 0.0622. The monoisotopic (exact) mass is 316 g/mol. The summed E-state index contributed by atoms with van der Waals surface area (Å²) in [5.41, 5.74) is 1.33. The van der Waals surface area contributed by atoms with Crippen molar-refractivity contribution in [3.63, 3.8) is 0 Å². The van der Waals surface area contributed by atoms with Crippen LogP contribution in [0.5, 0.6) is 0 Å². The van der Waals surface area contributed by atoms with Crippen molar-refractivity contribution in [2.75, 3.05) is 5.32 Å². The Hall–Kier alpha value is -2.54. The van der Waals surface area contributed by atoms with Crippen molar-refractivity contribution in [3.8, 4) is 0 Å². The molecule has 0 spiro atoms. The first-order valence-corrected chi connectivity index (χ1v) is 7.17. The Morgan fingerprint density at radius 3 is 3.00 bits per heavy atom. The van der Waals surface area contributed by atoms with Gasteiger partial charge in [0.05, 0.1) is 11.9 Å². The Morgan fingerprint density at radius 2 is 2.18 bits per heavy atom. The number of anilines is 1. The lowest BCUT2D eigenvalue weighted by atomic mass is 10.2. The van der Waals surface area contributed by atoms with Gasteiger partial charge in [0.2, 0.25) is 5.91 Å². The fourth-order valence-corrected chi connectivity index (χ4v) is 2.17. The SMILES string of the molecule is O=C(CCCc1nnc2ccc(Cl)nn12)Nc1cccnc1. The van der Waals surface area contributed by atoms with Crippen LogP contribution in [0, 0.1) is 0 Å². The van der Waals surface area contributed by atoms with E-state index in [1.165, 1.54) is 0 Å². The normalized spacial score (nSPS) is 10.8. The van der Waals surface area contributed by atoms with Gasteiger partial charge in [0.25, 0.3) is 0 Å². The van der Waals surface area contributed by atoms with Crippen LogP contribution >= 0.6 is 11.6 Å². The summed E-state index contributed by atoms with van der Waals surface area (Å²) in [6.07, 6.45) is 4.88. The van der Waals surface area contributed by atoms with Crippen LogP contribution in [0.2, 0.25) is 5.15 Å². The number of fused-ring (bicyclic) bond motifs is 1. The number of rotatable bonds is 5. The first kappa shape index (κ1) is 14.4. The molecule has 112 valence electrons. The summed E-state index contributed by atoms with van der Waals surface area (Å²) in [7, 11) is 0. The average molecular weight is 317 g/mol. The standard InChI is InChI=1S/C14H13ClN6O/c15-11-6-7-13-19-18-12(21(13)20-11)4-1-5-14(22)17-10-3-2-8-16-9-10/h2-3,6-9H,1,4-5H2,(H,17,22). The second kappa shape index (κ2) is 6.48. The van der Waals surface area contributed by atoms with E-state index in [-0.39, 0.29) is 5.91 Å². The highest BCUT2D eigenvalue weighted by molar-refractivity contribution is 6.29. The van der Waals surface area contributed by atoms with Gasteiger partial charge in [0.15, 0.2) is 11.5 Å². The number of amides is 1. The van der Waals surface area contributed by atoms with E-state index in [2.05, 4.69) is 25.6 Å². The molecule has 3 aromatic rings. The molecule has 8 heteroatoms. The maximum atomic E-state index is 11.8. The Kier molecular flexibility index (Phi) is 4.24. The molecule has 1 N–H and O–H groups in total. The number of pyridine rings is 1. The molecule has 0 bridgehead atoms. The molecule has 0 atom stereocenters. The molecule has 0 fully saturated rings. The highest BCUT2D eigenvalue weighted by atomic mass is 35.5. The Balaban J connectivity index is 1.56. The predicted molar refractivity (Wildman–Crippen MR) is 81.6 cm³/mol. The molecule has 3 heterocycles. The molecular weight excluding hydrogens is 304 g/mol. The van der Waals surface area contributed by atoms with Crippen LogP contribution < -0.4 is 5.32 Å². The van der Waals surface area contributed by atoms with Gasteiger partial charge in [-0.3, -0.25) is 9.78 Å². The van der Waals surface area contributed by atoms with Crippen LogP contribution in [0.3, 0.4) is 0 Å². The van der Waals surface area contributed by atoms with Crippen LogP contribution in [-0.4, -0.2) is 30.7 Å².